The fourth-order valence-corrected chi connectivity index (χ4v) is 4.22. The van der Waals surface area contributed by atoms with Crippen molar-refractivity contribution in [2.75, 3.05) is 14.2 Å². The first-order chi connectivity index (χ1) is 16.5. The van der Waals surface area contributed by atoms with Crippen molar-refractivity contribution in [3.63, 3.8) is 0 Å². The number of benzene rings is 2. The number of rotatable bonds is 6. The van der Waals surface area contributed by atoms with Crippen molar-refractivity contribution in [2.24, 2.45) is 0 Å². The summed E-state index contributed by atoms with van der Waals surface area (Å²) in [5.41, 5.74) is 4.45. The molecule has 1 aromatic heterocycles. The van der Waals surface area contributed by atoms with E-state index in [0.717, 1.165) is 27.8 Å². The molecule has 0 fully saturated rings. The average Bonchev–Trinajstić information content (AvgIpc) is 3.42. The van der Waals surface area contributed by atoms with Gasteiger partial charge < -0.3 is 19.0 Å². The first-order valence-electron chi connectivity index (χ1n) is 10.9. The molecule has 0 unspecified atom stereocenters. The molecule has 34 heavy (non-hydrogen) atoms. The summed E-state index contributed by atoms with van der Waals surface area (Å²) in [6.45, 7) is 2.50. The first-order valence-corrected chi connectivity index (χ1v) is 10.9. The Bertz CT molecular complexity index is 1540. The number of fused-ring (bicyclic) bond motifs is 2. The number of carbonyl (C=O) groups excluding carboxylic acids is 1. The van der Waals surface area contributed by atoms with Crippen LogP contribution in [-0.4, -0.2) is 39.5 Å². The molecule has 0 aliphatic carbocycles. The Balaban J connectivity index is 1.55. The molecule has 2 aliphatic rings. The number of nitrogens with zero attached hydrogens (tertiary/aromatic N) is 3. The van der Waals surface area contributed by atoms with Gasteiger partial charge in [-0.15, -0.1) is 0 Å². The zero-order chi connectivity index (χ0) is 23.8. The number of hydrogen-bond donors (Lipinski definition) is 1. The van der Waals surface area contributed by atoms with Crippen LogP contribution in [0.4, 0.5) is 0 Å². The highest BCUT2D eigenvalue weighted by molar-refractivity contribution is 5.96. The number of esters is 1. The highest BCUT2D eigenvalue weighted by Crippen LogP contribution is 2.26. The summed E-state index contributed by atoms with van der Waals surface area (Å²) < 4.78 is 13.5. The van der Waals surface area contributed by atoms with E-state index < -0.39 is 5.97 Å². The fourth-order valence-electron chi connectivity index (χ4n) is 4.22. The van der Waals surface area contributed by atoms with Crippen molar-refractivity contribution >= 4 is 16.9 Å². The van der Waals surface area contributed by atoms with E-state index in [0.29, 0.717) is 29.9 Å². The number of H-pyrrole nitrogens is 1. The average molecular weight is 457 g/mol. The number of aromatic nitrogens is 4. The van der Waals surface area contributed by atoms with Crippen molar-refractivity contribution in [2.45, 2.75) is 19.9 Å². The van der Waals surface area contributed by atoms with E-state index in [9.17, 15) is 9.59 Å². The Kier molecular flexibility index (Phi) is 5.41. The normalized spacial score (nSPS) is 11.3. The monoisotopic (exact) mass is 456 g/mol. The van der Waals surface area contributed by atoms with Crippen LogP contribution < -0.4 is 10.3 Å². The number of aryl methyl sites for hydroxylation is 3. The predicted octanol–water partition coefficient (Wildman–Crippen LogP) is 3.97. The maximum absolute atomic E-state index is 13.2. The summed E-state index contributed by atoms with van der Waals surface area (Å²) in [5.74, 6) is 0.250. The van der Waals surface area contributed by atoms with Crippen molar-refractivity contribution in [3.8, 4) is 22.7 Å². The van der Waals surface area contributed by atoms with Crippen LogP contribution in [0.2, 0.25) is 0 Å². The van der Waals surface area contributed by atoms with Gasteiger partial charge in [0.05, 0.1) is 25.5 Å². The van der Waals surface area contributed by atoms with Crippen LogP contribution in [-0.2, 0) is 17.7 Å². The third-order valence-corrected chi connectivity index (χ3v) is 5.99. The van der Waals surface area contributed by atoms with Crippen molar-refractivity contribution < 1.29 is 14.3 Å². The quantitative estimate of drug-likeness (QED) is 0.391. The molecule has 2 aromatic carbocycles. The van der Waals surface area contributed by atoms with Gasteiger partial charge in [0, 0.05) is 36.0 Å². The molecule has 172 valence electrons. The highest BCUT2D eigenvalue weighted by Gasteiger charge is 2.25. The molecule has 0 spiro atoms. The number of pyridine rings is 1. The number of hydrogen-bond acceptors (Lipinski definition) is 5. The summed E-state index contributed by atoms with van der Waals surface area (Å²) in [6.07, 6.45) is 6.10. The van der Waals surface area contributed by atoms with Crippen LogP contribution in [0.25, 0.3) is 27.8 Å². The Hall–Kier alpha value is -4.33. The van der Waals surface area contributed by atoms with E-state index in [1.54, 1.807) is 19.5 Å². The Labute approximate surface area is 195 Å². The number of ether oxygens (including phenoxy) is 2. The Morgan fingerprint density at radius 1 is 1.12 bits per heavy atom. The minimum Gasteiger partial charge on any atom is -0.497 e. The molecule has 8 heteroatoms. The number of carbonyl (C=O) groups is 1. The smallest absolute Gasteiger partial charge is 0.341 e. The van der Waals surface area contributed by atoms with E-state index in [4.69, 9.17) is 9.47 Å². The predicted molar refractivity (Wildman–Crippen MR) is 129 cm³/mol. The van der Waals surface area contributed by atoms with Gasteiger partial charge >= 0.3 is 5.97 Å². The van der Waals surface area contributed by atoms with Gasteiger partial charge in [-0.25, -0.2) is 4.79 Å². The summed E-state index contributed by atoms with van der Waals surface area (Å²) in [5, 5.41) is 5.55. The van der Waals surface area contributed by atoms with Crippen LogP contribution >= 0.6 is 0 Å². The molecule has 0 atom stereocenters. The molecule has 0 radical (unpaired) electrons. The number of nitrogens with one attached hydrogen (secondary N) is 1. The standard InChI is InChI=1S/C26H24N4O4/c1-16-5-4-6-18(11-16)30-25(31)21-14-29(15-22(24(21)28-30)26(32)34-3)10-9-17-13-27-23-8-7-19(33-2)12-20(17)23/h4-8,11-15,27H,9-10H2,1-3H3. The minimum absolute atomic E-state index is 0.254. The van der Waals surface area contributed by atoms with Gasteiger partial charge in [0.2, 0.25) is 0 Å². The SMILES string of the molecule is COC(=O)c1cn(CCc2c[nH]c3ccc(OC)cc23)cc2c(=O)n(-c3cccc(C)c3)nc1-2. The van der Waals surface area contributed by atoms with Crippen LogP contribution in [0.5, 0.6) is 5.75 Å². The second kappa shape index (κ2) is 8.55. The maximum atomic E-state index is 13.2. The van der Waals surface area contributed by atoms with Crippen molar-refractivity contribution in [1.29, 1.82) is 0 Å². The molecular weight excluding hydrogens is 432 g/mol. The molecule has 3 aromatic rings. The second-order valence-corrected chi connectivity index (χ2v) is 8.19. The van der Waals surface area contributed by atoms with Gasteiger partial charge in [-0.1, -0.05) is 12.1 Å². The largest absolute Gasteiger partial charge is 0.497 e. The van der Waals surface area contributed by atoms with Gasteiger partial charge in [0.1, 0.15) is 17.0 Å². The molecule has 0 amide bonds. The van der Waals surface area contributed by atoms with E-state index in [1.165, 1.54) is 11.8 Å². The molecular formula is C26H24N4O4. The minimum atomic E-state index is -0.537. The molecule has 0 bridgehead atoms. The molecule has 0 saturated heterocycles. The lowest BCUT2D eigenvalue weighted by Crippen LogP contribution is -2.16. The lowest BCUT2D eigenvalue weighted by atomic mass is 10.1. The van der Waals surface area contributed by atoms with Crippen LogP contribution in [0.1, 0.15) is 21.5 Å². The second-order valence-electron chi connectivity index (χ2n) is 8.19. The molecule has 3 heterocycles. The molecule has 8 nitrogen and oxygen atoms in total. The van der Waals surface area contributed by atoms with Gasteiger partial charge in [0.25, 0.3) is 5.56 Å². The van der Waals surface area contributed by atoms with Crippen LogP contribution in [0, 0.1) is 6.92 Å². The molecule has 0 saturated carbocycles. The third kappa shape index (κ3) is 3.73. The number of aromatic amines is 1. The summed E-state index contributed by atoms with van der Waals surface area (Å²) >= 11 is 0. The lowest BCUT2D eigenvalue weighted by molar-refractivity contribution is 0.0600. The van der Waals surface area contributed by atoms with Gasteiger partial charge in [-0.05, 0) is 54.8 Å². The van der Waals surface area contributed by atoms with Gasteiger partial charge in [-0.2, -0.15) is 9.78 Å². The van der Waals surface area contributed by atoms with E-state index in [2.05, 4.69) is 10.1 Å². The fraction of sp³-hybridized carbons (Fsp3) is 0.192. The lowest BCUT2D eigenvalue weighted by Gasteiger charge is -2.11. The van der Waals surface area contributed by atoms with E-state index in [1.807, 2.05) is 60.2 Å². The van der Waals surface area contributed by atoms with E-state index >= 15 is 0 Å². The van der Waals surface area contributed by atoms with Crippen molar-refractivity contribution in [1.82, 2.24) is 19.3 Å². The topological polar surface area (TPSA) is 91.1 Å². The van der Waals surface area contributed by atoms with Crippen LogP contribution in [0.15, 0.2) is 65.8 Å². The Morgan fingerprint density at radius 2 is 1.97 bits per heavy atom. The van der Waals surface area contributed by atoms with Gasteiger partial charge in [0.15, 0.2) is 0 Å². The summed E-state index contributed by atoms with van der Waals surface area (Å²) in [7, 11) is 2.96. The molecule has 1 N–H and O–H groups in total. The summed E-state index contributed by atoms with van der Waals surface area (Å²) in [6, 6.07) is 13.4. The van der Waals surface area contributed by atoms with Crippen molar-refractivity contribution in [3.05, 3.63) is 88.1 Å². The van der Waals surface area contributed by atoms with Gasteiger partial charge in [-0.3, -0.25) is 4.79 Å². The van der Waals surface area contributed by atoms with E-state index in [-0.39, 0.29) is 11.1 Å². The number of methoxy groups -OCH3 is 2. The first kappa shape index (κ1) is 21.5. The molecule has 5 rings (SSSR count). The zero-order valence-corrected chi connectivity index (χ0v) is 19.2. The Morgan fingerprint density at radius 3 is 2.74 bits per heavy atom. The third-order valence-electron chi connectivity index (χ3n) is 5.99. The van der Waals surface area contributed by atoms with Crippen LogP contribution in [0.3, 0.4) is 0 Å². The summed E-state index contributed by atoms with van der Waals surface area (Å²) in [4.78, 5) is 29.1. The maximum Gasteiger partial charge on any atom is 0.341 e. The highest BCUT2D eigenvalue weighted by atomic mass is 16.5. The zero-order valence-electron chi connectivity index (χ0n) is 19.2. The molecule has 2 aliphatic heterocycles.